The van der Waals surface area contributed by atoms with E-state index in [1.807, 2.05) is 25.1 Å². The molecule has 2 amide bonds. The van der Waals surface area contributed by atoms with E-state index in [-0.39, 0.29) is 11.8 Å². The number of hydrogen-bond acceptors (Lipinski definition) is 3. The predicted octanol–water partition coefficient (Wildman–Crippen LogP) is 2.77. The van der Waals surface area contributed by atoms with Gasteiger partial charge in [0.25, 0.3) is 0 Å². The van der Waals surface area contributed by atoms with Crippen LogP contribution < -0.4 is 5.32 Å². The number of benzene rings is 1. The van der Waals surface area contributed by atoms with E-state index in [1.165, 1.54) is 6.92 Å². The second-order valence-corrected chi connectivity index (χ2v) is 5.61. The smallest absolute Gasteiger partial charge is 0.226 e. The van der Waals surface area contributed by atoms with Gasteiger partial charge in [0.1, 0.15) is 0 Å². The number of rotatable bonds is 9. The van der Waals surface area contributed by atoms with Crippen LogP contribution >= 0.6 is 0 Å². The Bertz CT molecular complexity index is 529. The Kier molecular flexibility index (Phi) is 8.33. The Balaban J connectivity index is 2.57. The van der Waals surface area contributed by atoms with E-state index in [2.05, 4.69) is 12.2 Å². The molecule has 1 N–H and O–H groups in total. The summed E-state index contributed by atoms with van der Waals surface area (Å²) in [6.45, 7) is 7.23. The highest BCUT2D eigenvalue weighted by Crippen LogP contribution is 2.21. The van der Waals surface area contributed by atoms with Crippen molar-refractivity contribution in [3.05, 3.63) is 29.3 Å². The summed E-state index contributed by atoms with van der Waals surface area (Å²) in [5, 5.41) is 2.99. The summed E-state index contributed by atoms with van der Waals surface area (Å²) in [5.41, 5.74) is 3.08. The zero-order valence-corrected chi connectivity index (χ0v) is 14.6. The number of aryl methyl sites for hydroxylation is 2. The number of amides is 2. The second kappa shape index (κ2) is 10.0. The largest absolute Gasteiger partial charge is 0.385 e. The number of para-hydroxylation sites is 1. The lowest BCUT2D eigenvalue weighted by atomic mass is 10.1. The van der Waals surface area contributed by atoms with Gasteiger partial charge in [-0.1, -0.05) is 25.1 Å². The first-order chi connectivity index (χ1) is 11.0. The van der Waals surface area contributed by atoms with Crippen molar-refractivity contribution in [1.29, 1.82) is 0 Å². The number of ether oxygens (including phenoxy) is 1. The van der Waals surface area contributed by atoms with Crippen LogP contribution in [0.15, 0.2) is 18.2 Å². The SMILES string of the molecule is CCc1cccc(C)c1NC(=O)CCN(CCCOC)C(C)=O. The van der Waals surface area contributed by atoms with Crippen LogP contribution in [-0.2, 0) is 20.7 Å². The van der Waals surface area contributed by atoms with Crippen LogP contribution in [0, 0.1) is 6.92 Å². The maximum Gasteiger partial charge on any atom is 0.226 e. The number of nitrogens with one attached hydrogen (secondary N) is 1. The Morgan fingerprint density at radius 2 is 2.00 bits per heavy atom. The van der Waals surface area contributed by atoms with Crippen LogP contribution in [0.3, 0.4) is 0 Å². The first-order valence-corrected chi connectivity index (χ1v) is 8.12. The van der Waals surface area contributed by atoms with Crippen LogP contribution in [0.1, 0.15) is 37.8 Å². The van der Waals surface area contributed by atoms with Crippen LogP contribution in [-0.4, -0.2) is 43.5 Å². The normalized spacial score (nSPS) is 10.4. The Hall–Kier alpha value is -1.88. The fraction of sp³-hybridized carbons (Fsp3) is 0.556. The van der Waals surface area contributed by atoms with Gasteiger partial charge in [-0.3, -0.25) is 9.59 Å². The van der Waals surface area contributed by atoms with E-state index in [1.54, 1.807) is 12.0 Å². The summed E-state index contributed by atoms with van der Waals surface area (Å²) in [7, 11) is 1.64. The van der Waals surface area contributed by atoms with Gasteiger partial charge in [0, 0.05) is 45.8 Å². The molecule has 1 aromatic carbocycles. The predicted molar refractivity (Wildman–Crippen MR) is 92.6 cm³/mol. The molecule has 5 nitrogen and oxygen atoms in total. The number of hydrogen-bond donors (Lipinski definition) is 1. The number of carbonyl (C=O) groups excluding carboxylic acids is 2. The molecular weight excluding hydrogens is 292 g/mol. The molecular formula is C18H28N2O3. The molecule has 0 spiro atoms. The average molecular weight is 320 g/mol. The van der Waals surface area contributed by atoms with Crippen molar-refractivity contribution in [3.8, 4) is 0 Å². The molecule has 0 radical (unpaired) electrons. The van der Waals surface area contributed by atoms with Gasteiger partial charge in [0.05, 0.1) is 0 Å². The minimum atomic E-state index is -0.0630. The molecule has 128 valence electrons. The Labute approximate surface area is 139 Å². The average Bonchev–Trinajstić information content (AvgIpc) is 2.52. The summed E-state index contributed by atoms with van der Waals surface area (Å²) < 4.78 is 5.00. The van der Waals surface area contributed by atoms with Crippen molar-refractivity contribution in [2.75, 3.05) is 32.1 Å². The monoisotopic (exact) mass is 320 g/mol. The first-order valence-electron chi connectivity index (χ1n) is 8.12. The van der Waals surface area contributed by atoms with E-state index >= 15 is 0 Å². The molecule has 0 aliphatic carbocycles. The third kappa shape index (κ3) is 6.40. The van der Waals surface area contributed by atoms with Crippen LogP contribution in [0.4, 0.5) is 5.69 Å². The molecule has 0 aliphatic rings. The summed E-state index contributed by atoms with van der Waals surface area (Å²) in [6.07, 6.45) is 1.94. The molecule has 1 rings (SSSR count). The van der Waals surface area contributed by atoms with Crippen molar-refractivity contribution in [2.45, 2.75) is 40.0 Å². The van der Waals surface area contributed by atoms with Gasteiger partial charge in [-0.2, -0.15) is 0 Å². The van der Waals surface area contributed by atoms with Gasteiger partial charge in [-0.05, 0) is 30.9 Å². The highest BCUT2D eigenvalue weighted by Gasteiger charge is 2.13. The Morgan fingerprint density at radius 1 is 1.26 bits per heavy atom. The summed E-state index contributed by atoms with van der Waals surface area (Å²) >= 11 is 0. The number of carbonyl (C=O) groups is 2. The van der Waals surface area contributed by atoms with E-state index in [9.17, 15) is 9.59 Å². The van der Waals surface area contributed by atoms with Crippen LogP contribution in [0.5, 0.6) is 0 Å². The molecule has 0 aliphatic heterocycles. The lowest BCUT2D eigenvalue weighted by molar-refractivity contribution is -0.129. The Morgan fingerprint density at radius 3 is 2.61 bits per heavy atom. The fourth-order valence-electron chi connectivity index (χ4n) is 2.47. The maximum atomic E-state index is 12.2. The molecule has 0 unspecified atom stereocenters. The third-order valence-corrected chi connectivity index (χ3v) is 3.84. The van der Waals surface area contributed by atoms with Gasteiger partial charge in [-0.15, -0.1) is 0 Å². The van der Waals surface area contributed by atoms with Gasteiger partial charge >= 0.3 is 0 Å². The summed E-state index contributed by atoms with van der Waals surface area (Å²) in [5.74, 6) is -0.0777. The number of nitrogens with zero attached hydrogens (tertiary/aromatic N) is 1. The van der Waals surface area contributed by atoms with Crippen molar-refractivity contribution in [1.82, 2.24) is 4.90 Å². The van der Waals surface area contributed by atoms with Crippen molar-refractivity contribution in [3.63, 3.8) is 0 Å². The third-order valence-electron chi connectivity index (χ3n) is 3.84. The first kappa shape index (κ1) is 19.2. The topological polar surface area (TPSA) is 58.6 Å². The quantitative estimate of drug-likeness (QED) is 0.712. The van der Waals surface area contributed by atoms with Gasteiger partial charge in [-0.25, -0.2) is 0 Å². The minimum Gasteiger partial charge on any atom is -0.385 e. The molecule has 0 bridgehead atoms. The van der Waals surface area contributed by atoms with Crippen molar-refractivity contribution >= 4 is 17.5 Å². The zero-order chi connectivity index (χ0) is 17.2. The van der Waals surface area contributed by atoms with E-state index in [0.717, 1.165) is 29.7 Å². The highest BCUT2D eigenvalue weighted by molar-refractivity contribution is 5.92. The molecule has 5 heteroatoms. The molecule has 1 aromatic rings. The van der Waals surface area contributed by atoms with Crippen LogP contribution in [0.2, 0.25) is 0 Å². The molecule has 0 fully saturated rings. The number of methoxy groups -OCH3 is 1. The van der Waals surface area contributed by atoms with Crippen molar-refractivity contribution < 1.29 is 14.3 Å². The van der Waals surface area contributed by atoms with E-state index in [4.69, 9.17) is 4.74 Å². The van der Waals surface area contributed by atoms with Crippen molar-refractivity contribution in [2.24, 2.45) is 0 Å². The van der Waals surface area contributed by atoms with E-state index < -0.39 is 0 Å². The van der Waals surface area contributed by atoms with Gasteiger partial charge in [0.15, 0.2) is 0 Å². The lowest BCUT2D eigenvalue weighted by Crippen LogP contribution is -2.33. The second-order valence-electron chi connectivity index (χ2n) is 5.61. The minimum absolute atomic E-state index is 0.0148. The lowest BCUT2D eigenvalue weighted by Gasteiger charge is -2.21. The molecule has 23 heavy (non-hydrogen) atoms. The maximum absolute atomic E-state index is 12.2. The van der Waals surface area contributed by atoms with E-state index in [0.29, 0.717) is 26.1 Å². The number of anilines is 1. The summed E-state index contributed by atoms with van der Waals surface area (Å²) in [6, 6.07) is 6.01. The zero-order valence-electron chi connectivity index (χ0n) is 14.6. The summed E-state index contributed by atoms with van der Waals surface area (Å²) in [4.78, 5) is 25.5. The molecule has 0 saturated carbocycles. The van der Waals surface area contributed by atoms with Crippen LogP contribution in [0.25, 0.3) is 0 Å². The highest BCUT2D eigenvalue weighted by atomic mass is 16.5. The van der Waals surface area contributed by atoms with Gasteiger partial charge in [0.2, 0.25) is 11.8 Å². The molecule has 0 saturated heterocycles. The van der Waals surface area contributed by atoms with Gasteiger partial charge < -0.3 is 15.0 Å². The molecule has 0 heterocycles. The molecule has 0 atom stereocenters. The fourth-order valence-corrected chi connectivity index (χ4v) is 2.47. The standard InChI is InChI=1S/C18H28N2O3/c1-5-16-9-6-8-14(2)18(16)19-17(22)10-12-20(15(3)21)11-7-13-23-4/h6,8-9H,5,7,10-13H2,1-4H3,(H,19,22). The molecule has 0 aromatic heterocycles.